The van der Waals surface area contributed by atoms with Gasteiger partial charge >= 0.3 is 0 Å². The molecule has 2 aromatic rings. The van der Waals surface area contributed by atoms with E-state index in [0.29, 0.717) is 25.0 Å². The van der Waals surface area contributed by atoms with Crippen LogP contribution >= 0.6 is 0 Å². The number of aromatic nitrogens is 1. The molecule has 2 aliphatic rings. The van der Waals surface area contributed by atoms with E-state index in [1.54, 1.807) is 0 Å². The first-order chi connectivity index (χ1) is 13.9. The summed E-state index contributed by atoms with van der Waals surface area (Å²) in [5.41, 5.74) is 4.11. The van der Waals surface area contributed by atoms with E-state index < -0.39 is 10.2 Å². The molecular weight excluding hydrogens is 384 g/mol. The van der Waals surface area contributed by atoms with Crippen LogP contribution in [0.2, 0.25) is 0 Å². The van der Waals surface area contributed by atoms with Crippen LogP contribution in [0.25, 0.3) is 10.9 Å². The molecule has 1 aliphatic carbocycles. The summed E-state index contributed by atoms with van der Waals surface area (Å²) < 4.78 is 32.5. The number of fused-ring (bicyclic) bond motifs is 2. The van der Waals surface area contributed by atoms with Gasteiger partial charge < -0.3 is 4.57 Å². The van der Waals surface area contributed by atoms with Crippen LogP contribution in [0.15, 0.2) is 24.4 Å². The Morgan fingerprint density at radius 1 is 1.21 bits per heavy atom. The number of aryl methyl sites for hydroxylation is 1. The molecule has 7 heteroatoms. The van der Waals surface area contributed by atoms with Gasteiger partial charge in [0.05, 0.1) is 0 Å². The van der Waals surface area contributed by atoms with Crippen LogP contribution in [0.1, 0.15) is 50.7 Å². The van der Waals surface area contributed by atoms with E-state index in [4.69, 9.17) is 0 Å². The minimum Gasteiger partial charge on any atom is -0.350 e. The van der Waals surface area contributed by atoms with E-state index in [-0.39, 0.29) is 6.04 Å². The number of hydrogen-bond donors (Lipinski definition) is 1. The van der Waals surface area contributed by atoms with E-state index in [9.17, 15) is 8.42 Å². The van der Waals surface area contributed by atoms with Gasteiger partial charge in [-0.1, -0.05) is 32.9 Å². The van der Waals surface area contributed by atoms with Gasteiger partial charge in [-0.15, -0.1) is 0 Å². The smallest absolute Gasteiger partial charge is 0.279 e. The van der Waals surface area contributed by atoms with Crippen LogP contribution in [-0.4, -0.2) is 60.5 Å². The molecule has 2 heterocycles. The summed E-state index contributed by atoms with van der Waals surface area (Å²) in [5.74, 6) is 0.360. The van der Waals surface area contributed by atoms with Crippen molar-refractivity contribution < 1.29 is 8.42 Å². The average Bonchev–Trinajstić information content (AvgIpc) is 3.00. The van der Waals surface area contributed by atoms with Crippen molar-refractivity contribution in [3.8, 4) is 0 Å². The second-order valence-corrected chi connectivity index (χ2v) is 10.2. The Labute approximate surface area is 175 Å². The first-order valence-electron chi connectivity index (χ1n) is 11.0. The highest BCUT2D eigenvalue weighted by atomic mass is 32.2. The Morgan fingerprint density at radius 2 is 1.97 bits per heavy atom. The lowest BCUT2D eigenvalue weighted by molar-refractivity contribution is 0.105. The second kappa shape index (κ2) is 8.02. The fourth-order valence-corrected chi connectivity index (χ4v) is 6.97. The van der Waals surface area contributed by atoms with Crippen LogP contribution in [0, 0.1) is 0 Å². The zero-order chi connectivity index (χ0) is 20.8. The Hall–Kier alpha value is -1.41. The van der Waals surface area contributed by atoms with Crippen LogP contribution in [0.4, 0.5) is 0 Å². The summed E-state index contributed by atoms with van der Waals surface area (Å²) in [5, 5.41) is 1.39. The maximum absolute atomic E-state index is 12.9. The van der Waals surface area contributed by atoms with Crippen molar-refractivity contribution in [2.45, 2.75) is 58.0 Å². The number of nitrogens with zero attached hydrogens (tertiary/aromatic N) is 3. The predicted octanol–water partition coefficient (Wildman–Crippen LogP) is 2.85. The number of benzene rings is 1. The molecule has 1 saturated heterocycles. The fraction of sp³-hybridized carbons (Fsp3) is 0.636. The molecule has 0 bridgehead atoms. The Balaban J connectivity index is 1.69. The molecule has 0 saturated carbocycles. The maximum atomic E-state index is 12.9. The Kier molecular flexibility index (Phi) is 5.77. The van der Waals surface area contributed by atoms with Gasteiger partial charge in [-0.25, -0.2) is 0 Å². The monoisotopic (exact) mass is 418 g/mol. The summed E-state index contributed by atoms with van der Waals surface area (Å²) in [7, 11) is -1.33. The van der Waals surface area contributed by atoms with Gasteiger partial charge in [0.15, 0.2) is 0 Å². The zero-order valence-electron chi connectivity index (χ0n) is 18.1. The molecule has 0 radical (unpaired) electrons. The lowest BCUT2D eigenvalue weighted by Gasteiger charge is -2.47. The molecule has 1 aromatic heterocycles. The van der Waals surface area contributed by atoms with Crippen molar-refractivity contribution in [2.75, 3.05) is 26.2 Å². The van der Waals surface area contributed by atoms with E-state index in [1.807, 2.05) is 13.8 Å². The molecule has 1 unspecified atom stereocenters. The molecule has 3 atom stereocenters. The van der Waals surface area contributed by atoms with E-state index in [1.165, 1.54) is 26.3 Å². The summed E-state index contributed by atoms with van der Waals surface area (Å²) in [4.78, 5) is 2.53. The van der Waals surface area contributed by atoms with Crippen molar-refractivity contribution in [3.63, 3.8) is 0 Å². The lowest BCUT2D eigenvalue weighted by atomic mass is 9.74. The normalized spacial score (nSPS) is 24.9. The standard InChI is InChI=1S/C22H34N4O2S/c1-5-11-25-15-17(23-29(27,28)26(6-2)7-3)13-19-18-9-8-10-20-22(18)16(12-21(19)25)14-24(20)4/h8-10,14,17,19,21,23H,5-7,11-13,15H2,1-4H3/t17?,19-,21-/m1/s1. The molecule has 1 aliphatic heterocycles. The molecular formula is C22H34N4O2S. The highest BCUT2D eigenvalue weighted by Gasteiger charge is 2.42. The number of nitrogens with one attached hydrogen (secondary N) is 1. The fourth-order valence-electron chi connectivity index (χ4n) is 5.55. The summed E-state index contributed by atoms with van der Waals surface area (Å²) in [6.45, 7) is 8.77. The van der Waals surface area contributed by atoms with Crippen molar-refractivity contribution in [1.29, 1.82) is 0 Å². The first-order valence-corrected chi connectivity index (χ1v) is 12.4. The number of rotatable bonds is 7. The largest absolute Gasteiger partial charge is 0.350 e. The van der Waals surface area contributed by atoms with Crippen LogP contribution in [0.3, 0.4) is 0 Å². The maximum Gasteiger partial charge on any atom is 0.279 e. The SMILES string of the molecule is CCCN1CC(NS(=O)(=O)N(CC)CC)C[C@@H]2c3cccc4c3c(cn4C)C[C@H]21. The van der Waals surface area contributed by atoms with E-state index in [2.05, 4.69) is 52.6 Å². The second-order valence-electron chi connectivity index (χ2n) is 8.52. The third-order valence-corrected chi connectivity index (χ3v) is 8.58. The Bertz CT molecular complexity index is 980. The molecule has 1 N–H and O–H groups in total. The minimum atomic E-state index is -3.45. The van der Waals surface area contributed by atoms with Crippen LogP contribution < -0.4 is 4.72 Å². The quantitative estimate of drug-likeness (QED) is 0.752. The van der Waals surface area contributed by atoms with Gasteiger partial charge in [0, 0.05) is 61.8 Å². The van der Waals surface area contributed by atoms with E-state index in [0.717, 1.165) is 32.4 Å². The van der Waals surface area contributed by atoms with Gasteiger partial charge in [-0.2, -0.15) is 17.4 Å². The molecule has 0 amide bonds. The van der Waals surface area contributed by atoms with Crippen molar-refractivity contribution in [3.05, 3.63) is 35.5 Å². The molecule has 6 nitrogen and oxygen atoms in total. The third kappa shape index (κ3) is 3.63. The number of likely N-dealkylation sites (tertiary alicyclic amines) is 1. The van der Waals surface area contributed by atoms with Crippen molar-refractivity contribution >= 4 is 21.1 Å². The molecule has 29 heavy (non-hydrogen) atoms. The topological polar surface area (TPSA) is 57.6 Å². The highest BCUT2D eigenvalue weighted by Crippen LogP contribution is 2.44. The minimum absolute atomic E-state index is 0.0612. The molecule has 1 aromatic carbocycles. The summed E-state index contributed by atoms with van der Waals surface area (Å²) >= 11 is 0. The predicted molar refractivity (Wildman–Crippen MR) is 118 cm³/mol. The van der Waals surface area contributed by atoms with Gasteiger partial charge in [0.2, 0.25) is 0 Å². The average molecular weight is 419 g/mol. The molecule has 0 spiro atoms. The summed E-state index contributed by atoms with van der Waals surface area (Å²) in [6, 6.07) is 6.99. The van der Waals surface area contributed by atoms with Gasteiger partial charge in [0.1, 0.15) is 0 Å². The Morgan fingerprint density at radius 3 is 2.66 bits per heavy atom. The zero-order valence-corrected chi connectivity index (χ0v) is 18.9. The number of hydrogen-bond acceptors (Lipinski definition) is 3. The highest BCUT2D eigenvalue weighted by molar-refractivity contribution is 7.87. The van der Waals surface area contributed by atoms with Crippen LogP contribution in [0.5, 0.6) is 0 Å². The summed E-state index contributed by atoms with van der Waals surface area (Å²) in [6.07, 6.45) is 5.27. The van der Waals surface area contributed by atoms with Crippen molar-refractivity contribution in [2.24, 2.45) is 7.05 Å². The molecule has 160 valence electrons. The van der Waals surface area contributed by atoms with Crippen molar-refractivity contribution in [1.82, 2.24) is 18.5 Å². The first kappa shape index (κ1) is 20.8. The van der Waals surface area contributed by atoms with Crippen LogP contribution in [-0.2, 0) is 23.7 Å². The van der Waals surface area contributed by atoms with Gasteiger partial charge in [-0.3, -0.25) is 4.90 Å². The molecule has 1 fully saturated rings. The van der Waals surface area contributed by atoms with Gasteiger partial charge in [-0.05, 0) is 43.0 Å². The van der Waals surface area contributed by atoms with Gasteiger partial charge in [0.25, 0.3) is 10.2 Å². The lowest BCUT2D eigenvalue weighted by Crippen LogP contribution is -2.57. The molecule has 4 rings (SSSR count). The van der Waals surface area contributed by atoms with E-state index >= 15 is 0 Å². The third-order valence-electron chi connectivity index (χ3n) is 6.75. The number of piperidine rings is 1.